The van der Waals surface area contributed by atoms with Gasteiger partial charge in [0, 0.05) is 5.56 Å². The Kier molecular flexibility index (Phi) is 3.80. The average Bonchev–Trinajstić information content (AvgIpc) is 3.04. The zero-order valence-corrected chi connectivity index (χ0v) is 12.0. The van der Waals surface area contributed by atoms with Gasteiger partial charge in [-0.25, -0.2) is 0 Å². The smallest absolute Gasteiger partial charge is 0.416 e. The molecule has 3 aromatic rings. The molecule has 0 saturated carbocycles. The number of hydrogen-bond donors (Lipinski definition) is 1. The largest absolute Gasteiger partial charge is 0.416 e. The zero-order chi connectivity index (χ0) is 17.3. The van der Waals surface area contributed by atoms with Crippen LogP contribution in [0, 0.1) is 0 Å². The van der Waals surface area contributed by atoms with Gasteiger partial charge in [0.15, 0.2) is 0 Å². The molecule has 0 fully saturated rings. The van der Waals surface area contributed by atoms with Crippen LogP contribution in [0.2, 0.25) is 0 Å². The van der Waals surface area contributed by atoms with Gasteiger partial charge in [-0.3, -0.25) is 4.79 Å². The van der Waals surface area contributed by atoms with E-state index in [1.54, 1.807) is 18.2 Å². The molecule has 0 atom stereocenters. The molecular formula is C16H10F3N3O2. The van der Waals surface area contributed by atoms with Gasteiger partial charge in [-0.05, 0) is 30.3 Å². The second kappa shape index (κ2) is 5.80. The van der Waals surface area contributed by atoms with Gasteiger partial charge in [0.2, 0.25) is 17.7 Å². The van der Waals surface area contributed by atoms with Crippen molar-refractivity contribution in [3.8, 4) is 22.9 Å². The van der Waals surface area contributed by atoms with Crippen molar-refractivity contribution in [2.45, 2.75) is 6.18 Å². The quantitative estimate of drug-likeness (QED) is 0.795. The van der Waals surface area contributed by atoms with Crippen molar-refractivity contribution in [3.05, 3.63) is 59.7 Å². The van der Waals surface area contributed by atoms with Crippen molar-refractivity contribution in [1.29, 1.82) is 0 Å². The summed E-state index contributed by atoms with van der Waals surface area (Å²) >= 11 is 0. The molecule has 0 spiro atoms. The lowest BCUT2D eigenvalue weighted by Gasteiger charge is -2.06. The molecule has 0 bridgehead atoms. The van der Waals surface area contributed by atoms with E-state index in [9.17, 15) is 18.0 Å². The second-order valence-electron chi connectivity index (χ2n) is 4.90. The summed E-state index contributed by atoms with van der Waals surface area (Å²) in [6.07, 6.45) is -4.47. The molecule has 3 rings (SSSR count). The predicted octanol–water partition coefficient (Wildman–Crippen LogP) is 3.52. The molecule has 0 unspecified atom stereocenters. The van der Waals surface area contributed by atoms with Gasteiger partial charge in [-0.1, -0.05) is 18.2 Å². The fraction of sp³-hybridized carbons (Fsp3) is 0.0625. The van der Waals surface area contributed by atoms with Gasteiger partial charge in [-0.2, -0.15) is 13.2 Å². The summed E-state index contributed by atoms with van der Waals surface area (Å²) in [6, 6.07) is 10.9. The van der Waals surface area contributed by atoms with Gasteiger partial charge < -0.3 is 10.2 Å². The number of carbonyl (C=O) groups excluding carboxylic acids is 1. The van der Waals surface area contributed by atoms with E-state index in [1.165, 1.54) is 18.2 Å². The number of benzene rings is 2. The number of amides is 1. The van der Waals surface area contributed by atoms with Crippen LogP contribution in [0.3, 0.4) is 0 Å². The maximum atomic E-state index is 12.8. The minimum atomic E-state index is -4.47. The molecule has 0 radical (unpaired) electrons. The highest BCUT2D eigenvalue weighted by molar-refractivity contribution is 5.98. The van der Waals surface area contributed by atoms with Gasteiger partial charge in [-0.15, -0.1) is 10.2 Å². The predicted molar refractivity (Wildman–Crippen MR) is 78.7 cm³/mol. The van der Waals surface area contributed by atoms with Crippen molar-refractivity contribution in [2.24, 2.45) is 5.73 Å². The van der Waals surface area contributed by atoms with Crippen molar-refractivity contribution in [2.75, 3.05) is 0 Å². The second-order valence-corrected chi connectivity index (χ2v) is 4.90. The van der Waals surface area contributed by atoms with Crippen molar-refractivity contribution in [3.63, 3.8) is 0 Å². The number of nitrogens with two attached hydrogens (primary N) is 1. The Morgan fingerprint density at radius 2 is 1.71 bits per heavy atom. The third-order valence-corrected chi connectivity index (χ3v) is 3.28. The van der Waals surface area contributed by atoms with Crippen LogP contribution in [0.5, 0.6) is 0 Å². The van der Waals surface area contributed by atoms with Gasteiger partial charge in [0.25, 0.3) is 0 Å². The third-order valence-electron chi connectivity index (χ3n) is 3.28. The van der Waals surface area contributed by atoms with Crippen molar-refractivity contribution < 1.29 is 22.4 Å². The average molecular weight is 333 g/mol. The number of rotatable bonds is 3. The SMILES string of the molecule is NC(=O)c1ccccc1-c1nnc(-c2cccc(C(F)(F)F)c2)o1. The van der Waals surface area contributed by atoms with Gasteiger partial charge in [0.05, 0.1) is 16.7 Å². The highest BCUT2D eigenvalue weighted by Gasteiger charge is 2.31. The van der Waals surface area contributed by atoms with Crippen LogP contribution >= 0.6 is 0 Å². The molecule has 0 aliphatic rings. The molecule has 8 heteroatoms. The fourth-order valence-corrected chi connectivity index (χ4v) is 2.16. The lowest BCUT2D eigenvalue weighted by atomic mass is 10.1. The summed E-state index contributed by atoms with van der Waals surface area (Å²) in [5, 5.41) is 7.54. The van der Waals surface area contributed by atoms with E-state index >= 15 is 0 Å². The van der Waals surface area contributed by atoms with E-state index in [2.05, 4.69) is 10.2 Å². The van der Waals surface area contributed by atoms with Crippen LogP contribution in [0.25, 0.3) is 22.9 Å². The maximum Gasteiger partial charge on any atom is 0.416 e. The Labute approximate surface area is 133 Å². The summed E-state index contributed by atoms with van der Waals surface area (Å²) in [4.78, 5) is 11.4. The molecule has 0 aliphatic carbocycles. The standard InChI is InChI=1S/C16H10F3N3O2/c17-16(18,19)10-5-3-4-9(8-10)14-21-22-15(24-14)12-7-2-1-6-11(12)13(20)23/h1-8H,(H2,20,23). The van der Waals surface area contributed by atoms with Crippen LogP contribution in [-0.4, -0.2) is 16.1 Å². The Balaban J connectivity index is 2.02. The monoisotopic (exact) mass is 333 g/mol. The molecule has 24 heavy (non-hydrogen) atoms. The minimum absolute atomic E-state index is 0.00295. The van der Waals surface area contributed by atoms with Crippen LogP contribution < -0.4 is 5.73 Å². The third kappa shape index (κ3) is 2.98. The number of carbonyl (C=O) groups is 1. The van der Waals surface area contributed by atoms with E-state index in [0.717, 1.165) is 12.1 Å². The first kappa shape index (κ1) is 15.7. The van der Waals surface area contributed by atoms with Gasteiger partial charge in [0.1, 0.15) is 0 Å². The lowest BCUT2D eigenvalue weighted by molar-refractivity contribution is -0.137. The number of aromatic nitrogens is 2. The van der Waals surface area contributed by atoms with E-state index in [4.69, 9.17) is 10.2 Å². The first-order valence-electron chi connectivity index (χ1n) is 6.76. The summed E-state index contributed by atoms with van der Waals surface area (Å²) in [6.45, 7) is 0. The summed E-state index contributed by atoms with van der Waals surface area (Å²) < 4.78 is 43.7. The summed E-state index contributed by atoms with van der Waals surface area (Å²) in [5.41, 5.74) is 5.08. The molecule has 1 amide bonds. The first-order valence-corrected chi connectivity index (χ1v) is 6.76. The highest BCUT2D eigenvalue weighted by Crippen LogP contribution is 2.32. The van der Waals surface area contributed by atoms with Crippen LogP contribution in [-0.2, 0) is 6.18 Å². The zero-order valence-electron chi connectivity index (χ0n) is 12.0. The number of halogens is 3. The van der Waals surface area contributed by atoms with Crippen molar-refractivity contribution in [1.82, 2.24) is 10.2 Å². The van der Waals surface area contributed by atoms with Crippen LogP contribution in [0.1, 0.15) is 15.9 Å². The summed E-state index contributed by atoms with van der Waals surface area (Å²) in [7, 11) is 0. The van der Waals surface area contributed by atoms with E-state index in [0.29, 0.717) is 5.56 Å². The fourth-order valence-electron chi connectivity index (χ4n) is 2.16. The number of hydrogen-bond acceptors (Lipinski definition) is 4. The molecule has 1 heterocycles. The molecular weight excluding hydrogens is 323 g/mol. The molecule has 2 aromatic carbocycles. The molecule has 2 N–H and O–H groups in total. The van der Waals surface area contributed by atoms with Crippen LogP contribution in [0.15, 0.2) is 52.9 Å². The maximum absolute atomic E-state index is 12.8. The first-order chi connectivity index (χ1) is 11.4. The Morgan fingerprint density at radius 3 is 2.42 bits per heavy atom. The molecule has 1 aromatic heterocycles. The minimum Gasteiger partial charge on any atom is -0.416 e. The van der Waals surface area contributed by atoms with Crippen LogP contribution in [0.4, 0.5) is 13.2 Å². The van der Waals surface area contributed by atoms with Crippen molar-refractivity contribution >= 4 is 5.91 Å². The molecule has 0 saturated heterocycles. The summed E-state index contributed by atoms with van der Waals surface area (Å²) in [5.74, 6) is -0.767. The van der Waals surface area contributed by atoms with E-state index in [-0.39, 0.29) is 22.9 Å². The number of alkyl halides is 3. The van der Waals surface area contributed by atoms with E-state index in [1.807, 2.05) is 0 Å². The van der Waals surface area contributed by atoms with E-state index < -0.39 is 17.6 Å². The Morgan fingerprint density at radius 1 is 1.00 bits per heavy atom. The van der Waals surface area contributed by atoms with Gasteiger partial charge >= 0.3 is 6.18 Å². The number of primary amides is 1. The molecule has 0 aliphatic heterocycles. The Bertz CT molecular complexity index is 903. The molecule has 5 nitrogen and oxygen atoms in total. The normalized spacial score (nSPS) is 11.5. The highest BCUT2D eigenvalue weighted by atomic mass is 19.4. The number of nitrogens with zero attached hydrogens (tertiary/aromatic N) is 2. The topological polar surface area (TPSA) is 82.0 Å². The Hall–Kier alpha value is -3.16. The lowest BCUT2D eigenvalue weighted by Crippen LogP contribution is -2.12. The molecule has 122 valence electrons.